The Kier molecular flexibility index (Phi) is 5.31. The van der Waals surface area contributed by atoms with Gasteiger partial charge in [0.15, 0.2) is 0 Å². The third kappa shape index (κ3) is 3.67. The summed E-state index contributed by atoms with van der Waals surface area (Å²) in [5, 5.41) is 9.30. The van der Waals surface area contributed by atoms with Crippen LogP contribution >= 0.6 is 11.3 Å². The molecule has 20 heavy (non-hydrogen) atoms. The molecule has 2 heterocycles. The predicted octanol–water partition coefficient (Wildman–Crippen LogP) is 3.26. The van der Waals surface area contributed by atoms with Crippen LogP contribution in [0.25, 0.3) is 0 Å². The second-order valence-corrected chi connectivity index (χ2v) is 6.35. The van der Waals surface area contributed by atoms with Crippen molar-refractivity contribution in [3.8, 4) is 0 Å². The second kappa shape index (κ2) is 6.99. The van der Waals surface area contributed by atoms with Crippen molar-refractivity contribution < 1.29 is 0 Å². The maximum atomic E-state index is 4.54. The smallest absolute Gasteiger partial charge is 0.0897 e. The molecule has 1 unspecified atom stereocenters. The average Bonchev–Trinajstić information content (AvgIpc) is 3.00. The van der Waals surface area contributed by atoms with E-state index in [2.05, 4.69) is 53.8 Å². The number of hydrogen-bond acceptors (Lipinski definition) is 4. The van der Waals surface area contributed by atoms with E-state index in [0.29, 0.717) is 6.04 Å². The molecular weight excluding hydrogens is 268 g/mol. The van der Waals surface area contributed by atoms with Gasteiger partial charge in [0, 0.05) is 35.8 Å². The first kappa shape index (κ1) is 15.2. The Morgan fingerprint density at radius 3 is 2.75 bits per heavy atom. The standard InChI is InChI=1S/C15H24N4S/c1-5-7-16-14(15-10-17-12(4)20-15)9-13-8-11(3)18-19(13)6-2/h8,10,14,16H,5-7,9H2,1-4H3. The fourth-order valence-corrected chi connectivity index (χ4v) is 3.24. The predicted molar refractivity (Wildman–Crippen MR) is 84.2 cm³/mol. The van der Waals surface area contributed by atoms with Gasteiger partial charge in [0.1, 0.15) is 0 Å². The molecule has 4 nitrogen and oxygen atoms in total. The van der Waals surface area contributed by atoms with Crippen LogP contribution < -0.4 is 5.32 Å². The number of nitrogens with zero attached hydrogens (tertiary/aromatic N) is 3. The molecule has 5 heteroatoms. The number of rotatable bonds is 7. The zero-order chi connectivity index (χ0) is 14.5. The zero-order valence-electron chi connectivity index (χ0n) is 12.8. The Morgan fingerprint density at radius 1 is 1.35 bits per heavy atom. The van der Waals surface area contributed by atoms with E-state index >= 15 is 0 Å². The molecule has 0 saturated carbocycles. The third-order valence-electron chi connectivity index (χ3n) is 3.32. The van der Waals surface area contributed by atoms with Crippen LogP contribution in [-0.2, 0) is 13.0 Å². The van der Waals surface area contributed by atoms with Crippen LogP contribution in [-0.4, -0.2) is 21.3 Å². The first-order chi connectivity index (χ1) is 9.63. The summed E-state index contributed by atoms with van der Waals surface area (Å²) in [5.41, 5.74) is 2.39. The van der Waals surface area contributed by atoms with Gasteiger partial charge in [-0.05, 0) is 39.8 Å². The van der Waals surface area contributed by atoms with E-state index in [-0.39, 0.29) is 0 Å². The lowest BCUT2D eigenvalue weighted by molar-refractivity contribution is 0.508. The fourth-order valence-electron chi connectivity index (χ4n) is 2.38. The second-order valence-electron chi connectivity index (χ2n) is 5.09. The van der Waals surface area contributed by atoms with Crippen molar-refractivity contribution >= 4 is 11.3 Å². The van der Waals surface area contributed by atoms with Gasteiger partial charge in [0.2, 0.25) is 0 Å². The summed E-state index contributed by atoms with van der Waals surface area (Å²) in [6, 6.07) is 2.53. The van der Waals surface area contributed by atoms with Crippen LogP contribution in [0.2, 0.25) is 0 Å². The van der Waals surface area contributed by atoms with Gasteiger partial charge in [-0.1, -0.05) is 6.92 Å². The lowest BCUT2D eigenvalue weighted by Crippen LogP contribution is -2.24. The lowest BCUT2D eigenvalue weighted by Gasteiger charge is -2.17. The normalized spacial score (nSPS) is 12.8. The highest BCUT2D eigenvalue weighted by Gasteiger charge is 2.17. The highest BCUT2D eigenvalue weighted by Crippen LogP contribution is 2.24. The van der Waals surface area contributed by atoms with Gasteiger partial charge in [0.25, 0.3) is 0 Å². The van der Waals surface area contributed by atoms with Gasteiger partial charge in [-0.3, -0.25) is 4.68 Å². The molecule has 2 aromatic rings. The maximum Gasteiger partial charge on any atom is 0.0897 e. The lowest BCUT2D eigenvalue weighted by atomic mass is 10.1. The zero-order valence-corrected chi connectivity index (χ0v) is 13.6. The number of aromatic nitrogens is 3. The first-order valence-corrected chi connectivity index (χ1v) is 8.14. The van der Waals surface area contributed by atoms with Crippen LogP contribution in [0.5, 0.6) is 0 Å². The van der Waals surface area contributed by atoms with E-state index in [1.54, 1.807) is 11.3 Å². The van der Waals surface area contributed by atoms with Crippen molar-refractivity contribution in [3.05, 3.63) is 33.5 Å². The summed E-state index contributed by atoms with van der Waals surface area (Å²) in [5.74, 6) is 0. The minimum absolute atomic E-state index is 0.336. The topological polar surface area (TPSA) is 42.7 Å². The third-order valence-corrected chi connectivity index (χ3v) is 4.35. The number of hydrogen-bond donors (Lipinski definition) is 1. The van der Waals surface area contributed by atoms with Crippen LogP contribution in [0.3, 0.4) is 0 Å². The molecule has 0 aliphatic carbocycles. The van der Waals surface area contributed by atoms with Crippen LogP contribution in [0, 0.1) is 13.8 Å². The fraction of sp³-hybridized carbons (Fsp3) is 0.600. The van der Waals surface area contributed by atoms with Gasteiger partial charge in [-0.25, -0.2) is 4.98 Å². The SMILES string of the molecule is CCCNC(Cc1cc(C)nn1CC)c1cnc(C)s1. The summed E-state index contributed by atoms with van der Waals surface area (Å²) >= 11 is 1.78. The number of aryl methyl sites for hydroxylation is 3. The highest BCUT2D eigenvalue weighted by atomic mass is 32.1. The summed E-state index contributed by atoms with van der Waals surface area (Å²) < 4.78 is 2.10. The van der Waals surface area contributed by atoms with E-state index < -0.39 is 0 Å². The summed E-state index contributed by atoms with van der Waals surface area (Å²) in [4.78, 5) is 5.71. The first-order valence-electron chi connectivity index (χ1n) is 7.33. The minimum Gasteiger partial charge on any atom is -0.309 e. The van der Waals surface area contributed by atoms with Gasteiger partial charge in [-0.15, -0.1) is 11.3 Å². The molecule has 0 saturated heterocycles. The summed E-state index contributed by atoms with van der Waals surface area (Å²) in [6.45, 7) is 10.4. The van der Waals surface area contributed by atoms with Crippen molar-refractivity contribution in [2.45, 2.75) is 53.1 Å². The molecule has 0 spiro atoms. The maximum absolute atomic E-state index is 4.54. The van der Waals surface area contributed by atoms with Gasteiger partial charge < -0.3 is 5.32 Å². The molecule has 0 amide bonds. The van der Waals surface area contributed by atoms with Crippen LogP contribution in [0.15, 0.2) is 12.3 Å². The molecule has 2 aromatic heterocycles. The molecule has 0 radical (unpaired) electrons. The van der Waals surface area contributed by atoms with E-state index in [0.717, 1.165) is 36.6 Å². The largest absolute Gasteiger partial charge is 0.309 e. The number of thiazole rings is 1. The average molecular weight is 292 g/mol. The van der Waals surface area contributed by atoms with Crippen molar-refractivity contribution in [1.82, 2.24) is 20.1 Å². The molecule has 1 atom stereocenters. The van der Waals surface area contributed by atoms with Crippen molar-refractivity contribution in [3.63, 3.8) is 0 Å². The molecule has 1 N–H and O–H groups in total. The highest BCUT2D eigenvalue weighted by molar-refractivity contribution is 7.11. The molecular formula is C15H24N4S. The Balaban J connectivity index is 2.18. The van der Waals surface area contributed by atoms with E-state index in [1.165, 1.54) is 10.6 Å². The van der Waals surface area contributed by atoms with Crippen molar-refractivity contribution in [2.24, 2.45) is 0 Å². The van der Waals surface area contributed by atoms with Crippen molar-refractivity contribution in [2.75, 3.05) is 6.54 Å². The summed E-state index contributed by atoms with van der Waals surface area (Å²) in [7, 11) is 0. The van der Waals surface area contributed by atoms with E-state index in [4.69, 9.17) is 0 Å². The molecule has 0 aliphatic rings. The van der Waals surface area contributed by atoms with Crippen molar-refractivity contribution in [1.29, 1.82) is 0 Å². The summed E-state index contributed by atoms with van der Waals surface area (Å²) in [6.07, 6.45) is 4.11. The minimum atomic E-state index is 0.336. The Bertz CT molecular complexity index is 544. The molecule has 0 fully saturated rings. The number of nitrogens with one attached hydrogen (secondary N) is 1. The van der Waals surface area contributed by atoms with Gasteiger partial charge in [-0.2, -0.15) is 5.10 Å². The van der Waals surface area contributed by atoms with E-state index in [1.807, 2.05) is 6.20 Å². The Labute approximate surface area is 125 Å². The molecule has 0 aliphatic heterocycles. The Morgan fingerprint density at radius 2 is 2.15 bits per heavy atom. The van der Waals surface area contributed by atoms with Crippen LogP contribution in [0.4, 0.5) is 0 Å². The molecule has 110 valence electrons. The van der Waals surface area contributed by atoms with Crippen LogP contribution in [0.1, 0.15) is 47.6 Å². The molecule has 0 aromatic carbocycles. The molecule has 0 bridgehead atoms. The molecule has 2 rings (SSSR count). The Hall–Kier alpha value is -1.20. The van der Waals surface area contributed by atoms with Gasteiger partial charge >= 0.3 is 0 Å². The van der Waals surface area contributed by atoms with Gasteiger partial charge in [0.05, 0.1) is 10.7 Å². The van der Waals surface area contributed by atoms with E-state index in [9.17, 15) is 0 Å². The monoisotopic (exact) mass is 292 g/mol. The quantitative estimate of drug-likeness (QED) is 0.852.